The number of nitrogens with one attached hydrogen (secondary N) is 1. The summed E-state index contributed by atoms with van der Waals surface area (Å²) in [6, 6.07) is 0.540. The zero-order chi connectivity index (χ0) is 18.0. The Kier molecular flexibility index (Phi) is 5.35. The summed E-state index contributed by atoms with van der Waals surface area (Å²) in [4.78, 5) is 19.8. The van der Waals surface area contributed by atoms with E-state index < -0.39 is 11.7 Å². The SMILES string of the molecule is O=C([C@H]1COCCN1)N1CCN(c2ncc(C(F)(F)F)cc2Cl)CC1. The summed E-state index contributed by atoms with van der Waals surface area (Å²) in [6.45, 7) is 3.41. The van der Waals surface area contributed by atoms with Crippen molar-refractivity contribution < 1.29 is 22.7 Å². The maximum atomic E-state index is 12.7. The third kappa shape index (κ3) is 4.16. The molecule has 0 aliphatic carbocycles. The molecule has 0 bridgehead atoms. The van der Waals surface area contributed by atoms with E-state index in [2.05, 4.69) is 10.3 Å². The Balaban J connectivity index is 1.61. The number of piperazine rings is 1. The number of nitrogens with zero attached hydrogens (tertiary/aromatic N) is 3. The van der Waals surface area contributed by atoms with E-state index in [1.165, 1.54) is 0 Å². The fraction of sp³-hybridized carbons (Fsp3) is 0.600. The molecule has 2 aliphatic heterocycles. The highest BCUT2D eigenvalue weighted by atomic mass is 35.5. The highest BCUT2D eigenvalue weighted by Crippen LogP contribution is 2.33. The minimum Gasteiger partial charge on any atom is -0.378 e. The van der Waals surface area contributed by atoms with E-state index in [0.29, 0.717) is 51.8 Å². The number of aromatic nitrogens is 1. The Labute approximate surface area is 147 Å². The van der Waals surface area contributed by atoms with Crippen molar-refractivity contribution in [3.05, 3.63) is 22.8 Å². The van der Waals surface area contributed by atoms with Crippen molar-refractivity contribution in [2.45, 2.75) is 12.2 Å². The van der Waals surface area contributed by atoms with Gasteiger partial charge in [-0.3, -0.25) is 4.79 Å². The molecule has 1 atom stereocenters. The smallest absolute Gasteiger partial charge is 0.378 e. The quantitative estimate of drug-likeness (QED) is 0.843. The number of anilines is 1. The summed E-state index contributed by atoms with van der Waals surface area (Å²) < 4.78 is 43.4. The van der Waals surface area contributed by atoms with Gasteiger partial charge in [-0.25, -0.2) is 4.98 Å². The van der Waals surface area contributed by atoms with Crippen LogP contribution in [-0.4, -0.2) is 67.8 Å². The van der Waals surface area contributed by atoms with Crippen LogP contribution in [0, 0.1) is 0 Å². The molecular formula is C15H18ClF3N4O2. The largest absolute Gasteiger partial charge is 0.417 e. The van der Waals surface area contributed by atoms with Crippen LogP contribution in [0.2, 0.25) is 5.02 Å². The van der Waals surface area contributed by atoms with Crippen LogP contribution in [0.5, 0.6) is 0 Å². The van der Waals surface area contributed by atoms with Crippen molar-refractivity contribution in [2.75, 3.05) is 50.8 Å². The van der Waals surface area contributed by atoms with Gasteiger partial charge in [0.15, 0.2) is 0 Å². The minimum atomic E-state index is -4.48. The third-order valence-corrected chi connectivity index (χ3v) is 4.54. The number of rotatable bonds is 2. The number of carbonyl (C=O) groups excluding carboxylic acids is 1. The number of halogens is 4. The molecule has 0 spiro atoms. The molecule has 0 aromatic carbocycles. The number of hydrogen-bond acceptors (Lipinski definition) is 5. The molecule has 1 aromatic heterocycles. The van der Waals surface area contributed by atoms with Gasteiger partial charge in [0.25, 0.3) is 0 Å². The van der Waals surface area contributed by atoms with Gasteiger partial charge in [0.05, 0.1) is 23.8 Å². The van der Waals surface area contributed by atoms with Crippen molar-refractivity contribution in [3.63, 3.8) is 0 Å². The van der Waals surface area contributed by atoms with E-state index in [9.17, 15) is 18.0 Å². The van der Waals surface area contributed by atoms with E-state index >= 15 is 0 Å². The van der Waals surface area contributed by atoms with E-state index in [-0.39, 0.29) is 17.0 Å². The van der Waals surface area contributed by atoms with E-state index in [1.807, 2.05) is 0 Å². The van der Waals surface area contributed by atoms with Crippen LogP contribution in [0.4, 0.5) is 19.0 Å². The van der Waals surface area contributed by atoms with Gasteiger partial charge in [0.1, 0.15) is 11.9 Å². The van der Waals surface area contributed by atoms with Crippen LogP contribution < -0.4 is 10.2 Å². The summed E-state index contributed by atoms with van der Waals surface area (Å²) in [6.07, 6.45) is -3.70. The number of pyridine rings is 1. The highest BCUT2D eigenvalue weighted by molar-refractivity contribution is 6.33. The maximum absolute atomic E-state index is 12.7. The van der Waals surface area contributed by atoms with Gasteiger partial charge in [-0.05, 0) is 6.07 Å². The van der Waals surface area contributed by atoms with Gasteiger partial charge in [-0.1, -0.05) is 11.6 Å². The molecule has 2 aliphatic rings. The molecule has 1 amide bonds. The average molecular weight is 379 g/mol. The van der Waals surface area contributed by atoms with Crippen molar-refractivity contribution in [2.24, 2.45) is 0 Å². The second kappa shape index (κ2) is 7.35. The first-order valence-electron chi connectivity index (χ1n) is 7.94. The maximum Gasteiger partial charge on any atom is 0.417 e. The lowest BCUT2D eigenvalue weighted by atomic mass is 10.2. The molecule has 3 heterocycles. The standard InChI is InChI=1S/C15H18ClF3N4O2/c16-11-7-10(15(17,18)19)8-21-13(11)22-2-4-23(5-3-22)14(24)12-9-25-6-1-20-12/h7-8,12,20H,1-6,9H2/t12-/m1/s1. The first-order chi connectivity index (χ1) is 11.9. The molecule has 2 saturated heterocycles. The number of hydrogen-bond donors (Lipinski definition) is 1. The molecule has 1 N–H and O–H groups in total. The summed E-state index contributed by atoms with van der Waals surface area (Å²) >= 11 is 5.98. The van der Waals surface area contributed by atoms with Crippen molar-refractivity contribution in [3.8, 4) is 0 Å². The Bertz CT molecular complexity index is 630. The lowest BCUT2D eigenvalue weighted by molar-refractivity contribution is -0.138. The van der Waals surface area contributed by atoms with Gasteiger partial charge in [0.2, 0.25) is 5.91 Å². The fourth-order valence-electron chi connectivity index (χ4n) is 2.90. The van der Waals surface area contributed by atoms with Crippen LogP contribution >= 0.6 is 11.6 Å². The lowest BCUT2D eigenvalue weighted by Crippen LogP contribution is -2.57. The zero-order valence-corrected chi connectivity index (χ0v) is 14.1. The Morgan fingerprint density at radius 2 is 2.04 bits per heavy atom. The van der Waals surface area contributed by atoms with Crippen molar-refractivity contribution in [1.82, 2.24) is 15.2 Å². The van der Waals surface area contributed by atoms with Gasteiger partial charge in [0, 0.05) is 38.9 Å². The molecule has 138 valence electrons. The molecule has 10 heteroatoms. The van der Waals surface area contributed by atoms with Gasteiger partial charge < -0.3 is 19.9 Å². The minimum absolute atomic E-state index is 0.0224. The molecule has 1 aromatic rings. The molecule has 6 nitrogen and oxygen atoms in total. The Morgan fingerprint density at radius 1 is 1.32 bits per heavy atom. The summed E-state index contributed by atoms with van der Waals surface area (Å²) in [5, 5.41) is 3.07. The van der Waals surface area contributed by atoms with Crippen LogP contribution in [0.1, 0.15) is 5.56 Å². The molecule has 0 unspecified atom stereocenters. The van der Waals surface area contributed by atoms with Gasteiger partial charge in [-0.15, -0.1) is 0 Å². The normalized spacial score (nSPS) is 22.2. The molecule has 0 radical (unpaired) electrons. The van der Waals surface area contributed by atoms with E-state index in [4.69, 9.17) is 16.3 Å². The fourth-order valence-corrected chi connectivity index (χ4v) is 3.19. The van der Waals surface area contributed by atoms with Crippen LogP contribution in [0.25, 0.3) is 0 Å². The number of ether oxygens (including phenoxy) is 1. The second-order valence-corrected chi connectivity index (χ2v) is 6.33. The summed E-state index contributed by atoms with van der Waals surface area (Å²) in [7, 11) is 0. The van der Waals surface area contributed by atoms with Crippen LogP contribution in [0.3, 0.4) is 0 Å². The number of amides is 1. The van der Waals surface area contributed by atoms with Crippen molar-refractivity contribution >= 4 is 23.3 Å². The Morgan fingerprint density at radius 3 is 2.60 bits per heavy atom. The summed E-state index contributed by atoms with van der Waals surface area (Å²) in [5.74, 6) is 0.284. The zero-order valence-electron chi connectivity index (χ0n) is 13.4. The van der Waals surface area contributed by atoms with Gasteiger partial charge >= 0.3 is 6.18 Å². The average Bonchev–Trinajstić information content (AvgIpc) is 2.61. The molecule has 2 fully saturated rings. The lowest BCUT2D eigenvalue weighted by Gasteiger charge is -2.38. The summed E-state index contributed by atoms with van der Waals surface area (Å²) in [5.41, 5.74) is -0.876. The van der Waals surface area contributed by atoms with E-state index in [1.54, 1.807) is 9.80 Å². The molecule has 3 rings (SSSR count). The number of alkyl halides is 3. The second-order valence-electron chi connectivity index (χ2n) is 5.92. The van der Waals surface area contributed by atoms with Crippen LogP contribution in [-0.2, 0) is 15.7 Å². The van der Waals surface area contributed by atoms with Gasteiger partial charge in [-0.2, -0.15) is 13.2 Å². The van der Waals surface area contributed by atoms with Crippen molar-refractivity contribution in [1.29, 1.82) is 0 Å². The third-order valence-electron chi connectivity index (χ3n) is 4.26. The Hall–Kier alpha value is -1.58. The van der Waals surface area contributed by atoms with Crippen LogP contribution in [0.15, 0.2) is 12.3 Å². The monoisotopic (exact) mass is 378 g/mol. The molecular weight excluding hydrogens is 361 g/mol. The first-order valence-corrected chi connectivity index (χ1v) is 8.31. The highest BCUT2D eigenvalue weighted by Gasteiger charge is 2.33. The number of morpholine rings is 1. The first kappa shape index (κ1) is 18.2. The van der Waals surface area contributed by atoms with E-state index in [0.717, 1.165) is 12.3 Å². The predicted octanol–water partition coefficient (Wildman–Crippen LogP) is 1.39. The molecule has 0 saturated carbocycles. The molecule has 25 heavy (non-hydrogen) atoms. The predicted molar refractivity (Wildman–Crippen MR) is 85.7 cm³/mol. The topological polar surface area (TPSA) is 57.7 Å². The number of carbonyl (C=O) groups is 1.